The maximum atomic E-state index is 13.0. The number of hydrogen-bond acceptors (Lipinski definition) is 3. The Balaban J connectivity index is 1.98. The molecule has 0 radical (unpaired) electrons. The molecule has 1 aliphatic rings. The lowest BCUT2D eigenvalue weighted by Gasteiger charge is -2.35. The standard InChI is InChI=1S/C14H17ClFN3O2/c1-17-9-13(20)18-4-6-19(7-5-18)14(21)11-3-2-10(16)8-12(11)15/h2-3,8,17H,4-7,9H2,1H3. The normalized spacial score (nSPS) is 15.2. The molecule has 21 heavy (non-hydrogen) atoms. The number of carbonyl (C=O) groups excluding carboxylic acids is 2. The highest BCUT2D eigenvalue weighted by atomic mass is 35.5. The van der Waals surface area contributed by atoms with Crippen molar-refractivity contribution in [3.8, 4) is 0 Å². The molecule has 0 atom stereocenters. The molecule has 0 bridgehead atoms. The predicted octanol–water partition coefficient (Wildman–Crippen LogP) is 0.983. The van der Waals surface area contributed by atoms with Crippen LogP contribution < -0.4 is 5.32 Å². The maximum Gasteiger partial charge on any atom is 0.255 e. The van der Waals surface area contributed by atoms with Gasteiger partial charge in [0.15, 0.2) is 0 Å². The molecule has 1 aromatic rings. The number of benzene rings is 1. The van der Waals surface area contributed by atoms with Crippen LogP contribution in [0.3, 0.4) is 0 Å². The third-order valence-electron chi connectivity index (χ3n) is 3.41. The van der Waals surface area contributed by atoms with Gasteiger partial charge in [-0.3, -0.25) is 9.59 Å². The quantitative estimate of drug-likeness (QED) is 0.905. The van der Waals surface area contributed by atoms with Crippen LogP contribution in [-0.2, 0) is 4.79 Å². The van der Waals surface area contributed by atoms with Crippen LogP contribution >= 0.6 is 11.6 Å². The molecule has 1 aromatic carbocycles. The van der Waals surface area contributed by atoms with Gasteiger partial charge in [0.25, 0.3) is 5.91 Å². The number of likely N-dealkylation sites (N-methyl/N-ethyl adjacent to an activating group) is 1. The lowest BCUT2D eigenvalue weighted by Crippen LogP contribution is -2.52. The Kier molecular flexibility index (Phi) is 5.14. The zero-order valence-corrected chi connectivity index (χ0v) is 12.5. The minimum absolute atomic E-state index is 0.0180. The molecule has 0 aromatic heterocycles. The summed E-state index contributed by atoms with van der Waals surface area (Å²) in [6.07, 6.45) is 0. The lowest BCUT2D eigenvalue weighted by molar-refractivity contribution is -0.131. The second-order valence-electron chi connectivity index (χ2n) is 4.83. The summed E-state index contributed by atoms with van der Waals surface area (Å²) in [7, 11) is 1.72. The fraction of sp³-hybridized carbons (Fsp3) is 0.429. The number of halogens is 2. The third-order valence-corrected chi connectivity index (χ3v) is 3.72. The molecule has 1 heterocycles. The minimum Gasteiger partial charge on any atom is -0.338 e. The van der Waals surface area contributed by atoms with Gasteiger partial charge in [-0.1, -0.05) is 11.6 Å². The first-order valence-electron chi connectivity index (χ1n) is 6.69. The predicted molar refractivity (Wildman–Crippen MR) is 77.8 cm³/mol. The van der Waals surface area contributed by atoms with Gasteiger partial charge in [0, 0.05) is 26.2 Å². The van der Waals surface area contributed by atoms with E-state index in [1.165, 1.54) is 12.1 Å². The number of nitrogens with one attached hydrogen (secondary N) is 1. The van der Waals surface area contributed by atoms with E-state index in [0.29, 0.717) is 26.2 Å². The van der Waals surface area contributed by atoms with Gasteiger partial charge in [-0.2, -0.15) is 0 Å². The highest BCUT2D eigenvalue weighted by Crippen LogP contribution is 2.19. The Hall–Kier alpha value is -1.66. The van der Waals surface area contributed by atoms with Gasteiger partial charge in [0.05, 0.1) is 17.1 Å². The molecule has 2 amide bonds. The van der Waals surface area contributed by atoms with Crippen LogP contribution in [0, 0.1) is 5.82 Å². The average Bonchev–Trinajstić information content (AvgIpc) is 2.47. The van der Waals surface area contributed by atoms with Crippen LogP contribution in [-0.4, -0.2) is 61.4 Å². The van der Waals surface area contributed by atoms with Crippen LogP contribution in [0.1, 0.15) is 10.4 Å². The van der Waals surface area contributed by atoms with E-state index < -0.39 is 5.82 Å². The second-order valence-corrected chi connectivity index (χ2v) is 5.23. The van der Waals surface area contributed by atoms with Gasteiger partial charge in [-0.25, -0.2) is 4.39 Å². The summed E-state index contributed by atoms with van der Waals surface area (Å²) in [6, 6.07) is 3.73. The molecule has 1 saturated heterocycles. The van der Waals surface area contributed by atoms with Crippen molar-refractivity contribution >= 4 is 23.4 Å². The zero-order chi connectivity index (χ0) is 15.4. The second kappa shape index (κ2) is 6.87. The van der Waals surface area contributed by atoms with E-state index in [1.54, 1.807) is 16.8 Å². The molecule has 7 heteroatoms. The van der Waals surface area contributed by atoms with Crippen molar-refractivity contribution in [1.82, 2.24) is 15.1 Å². The Morgan fingerprint density at radius 3 is 2.43 bits per heavy atom. The van der Waals surface area contributed by atoms with Gasteiger partial charge in [0.1, 0.15) is 5.82 Å². The van der Waals surface area contributed by atoms with E-state index in [9.17, 15) is 14.0 Å². The van der Waals surface area contributed by atoms with Crippen molar-refractivity contribution < 1.29 is 14.0 Å². The Morgan fingerprint density at radius 1 is 1.24 bits per heavy atom. The number of hydrogen-bond donors (Lipinski definition) is 1. The number of rotatable bonds is 3. The van der Waals surface area contributed by atoms with Crippen LogP contribution in [0.5, 0.6) is 0 Å². The summed E-state index contributed by atoms with van der Waals surface area (Å²) in [5.41, 5.74) is 0.285. The Bertz CT molecular complexity index is 545. The fourth-order valence-electron chi connectivity index (χ4n) is 2.26. The number of piperazine rings is 1. The molecule has 114 valence electrons. The maximum absolute atomic E-state index is 13.0. The first-order chi connectivity index (χ1) is 10.0. The highest BCUT2D eigenvalue weighted by Gasteiger charge is 2.25. The fourth-order valence-corrected chi connectivity index (χ4v) is 2.50. The molecule has 0 saturated carbocycles. The first-order valence-corrected chi connectivity index (χ1v) is 7.07. The first kappa shape index (κ1) is 15.7. The van der Waals surface area contributed by atoms with Crippen LogP contribution in [0.15, 0.2) is 18.2 Å². The van der Waals surface area contributed by atoms with E-state index >= 15 is 0 Å². The summed E-state index contributed by atoms with van der Waals surface area (Å²) in [5, 5.41) is 2.92. The van der Waals surface area contributed by atoms with Crippen molar-refractivity contribution in [2.45, 2.75) is 0 Å². The van der Waals surface area contributed by atoms with Crippen LogP contribution in [0.4, 0.5) is 4.39 Å². The summed E-state index contributed by atoms with van der Waals surface area (Å²) < 4.78 is 13.0. The molecule has 0 spiro atoms. The SMILES string of the molecule is CNCC(=O)N1CCN(C(=O)c2ccc(F)cc2Cl)CC1. The zero-order valence-electron chi connectivity index (χ0n) is 11.7. The largest absolute Gasteiger partial charge is 0.338 e. The topological polar surface area (TPSA) is 52.7 Å². The van der Waals surface area contributed by atoms with Gasteiger partial charge in [0.2, 0.25) is 5.91 Å². The minimum atomic E-state index is -0.473. The monoisotopic (exact) mass is 313 g/mol. The van der Waals surface area contributed by atoms with Gasteiger partial charge >= 0.3 is 0 Å². The van der Waals surface area contributed by atoms with Crippen LogP contribution in [0.2, 0.25) is 5.02 Å². The van der Waals surface area contributed by atoms with Crippen molar-refractivity contribution in [2.75, 3.05) is 39.8 Å². The van der Waals surface area contributed by atoms with E-state index in [-0.39, 0.29) is 28.9 Å². The van der Waals surface area contributed by atoms with Crippen molar-refractivity contribution in [1.29, 1.82) is 0 Å². The highest BCUT2D eigenvalue weighted by molar-refractivity contribution is 6.33. The Labute approximate surface area is 127 Å². The molecule has 1 aliphatic heterocycles. The molecule has 2 rings (SSSR count). The van der Waals surface area contributed by atoms with E-state index in [1.807, 2.05) is 0 Å². The third kappa shape index (κ3) is 3.71. The van der Waals surface area contributed by atoms with Gasteiger partial charge in [-0.05, 0) is 25.2 Å². The molecule has 1 N–H and O–H groups in total. The summed E-state index contributed by atoms with van der Waals surface area (Å²) in [4.78, 5) is 27.4. The van der Waals surface area contributed by atoms with Gasteiger partial charge < -0.3 is 15.1 Å². The molecular weight excluding hydrogens is 297 g/mol. The van der Waals surface area contributed by atoms with E-state index in [2.05, 4.69) is 5.32 Å². The molecular formula is C14H17ClFN3O2. The molecule has 0 unspecified atom stereocenters. The number of nitrogens with zero attached hydrogens (tertiary/aromatic N) is 2. The van der Waals surface area contributed by atoms with Crippen molar-refractivity contribution in [2.24, 2.45) is 0 Å². The number of amides is 2. The molecule has 1 fully saturated rings. The van der Waals surface area contributed by atoms with E-state index in [4.69, 9.17) is 11.6 Å². The molecule has 0 aliphatic carbocycles. The smallest absolute Gasteiger partial charge is 0.255 e. The average molecular weight is 314 g/mol. The number of carbonyl (C=O) groups is 2. The van der Waals surface area contributed by atoms with Gasteiger partial charge in [-0.15, -0.1) is 0 Å². The summed E-state index contributed by atoms with van der Waals surface area (Å²) in [5.74, 6) is -0.691. The summed E-state index contributed by atoms with van der Waals surface area (Å²) in [6.45, 7) is 2.16. The van der Waals surface area contributed by atoms with E-state index in [0.717, 1.165) is 6.07 Å². The molecule has 5 nitrogen and oxygen atoms in total. The lowest BCUT2D eigenvalue weighted by atomic mass is 10.1. The van der Waals surface area contributed by atoms with Crippen LogP contribution in [0.25, 0.3) is 0 Å². The Morgan fingerprint density at radius 2 is 1.86 bits per heavy atom. The van der Waals surface area contributed by atoms with Crippen molar-refractivity contribution in [3.05, 3.63) is 34.6 Å². The van der Waals surface area contributed by atoms with Crippen molar-refractivity contribution in [3.63, 3.8) is 0 Å². The summed E-state index contributed by atoms with van der Waals surface area (Å²) >= 11 is 5.90.